The van der Waals surface area contributed by atoms with Crippen molar-refractivity contribution in [3.8, 4) is 0 Å². The Hall–Kier alpha value is -3.42. The van der Waals surface area contributed by atoms with E-state index in [4.69, 9.17) is 9.47 Å². The summed E-state index contributed by atoms with van der Waals surface area (Å²) >= 11 is 0. The van der Waals surface area contributed by atoms with Crippen LogP contribution in [0.15, 0.2) is 42.9 Å². The molecular formula is C26H28F4N6O3. The summed E-state index contributed by atoms with van der Waals surface area (Å²) in [6.45, 7) is 2.54. The van der Waals surface area contributed by atoms with Crippen LogP contribution in [0.2, 0.25) is 0 Å². The lowest BCUT2D eigenvalue weighted by molar-refractivity contribution is -0.137. The van der Waals surface area contributed by atoms with Gasteiger partial charge in [-0.1, -0.05) is 6.07 Å². The molecule has 2 aliphatic rings. The molecule has 2 saturated heterocycles. The summed E-state index contributed by atoms with van der Waals surface area (Å²) in [6.07, 6.45) is -0.428. The van der Waals surface area contributed by atoms with Crippen molar-refractivity contribution in [1.82, 2.24) is 25.2 Å². The van der Waals surface area contributed by atoms with Crippen molar-refractivity contribution < 1.29 is 31.8 Å². The van der Waals surface area contributed by atoms with E-state index < -0.39 is 17.7 Å². The Labute approximate surface area is 221 Å². The SMILES string of the molecule is O=C(CNc1ncnc2ccc(C(F)(F)F)cc12)NC1CN(C2CCOCC2)C[C@@H]1OCc1ccc(F)nc1. The van der Waals surface area contributed by atoms with Crippen LogP contribution in [-0.2, 0) is 27.1 Å². The summed E-state index contributed by atoms with van der Waals surface area (Å²) < 4.78 is 64.4. The van der Waals surface area contributed by atoms with E-state index in [9.17, 15) is 22.4 Å². The van der Waals surface area contributed by atoms with Crippen molar-refractivity contribution >= 4 is 22.6 Å². The van der Waals surface area contributed by atoms with E-state index in [1.54, 1.807) is 6.07 Å². The highest BCUT2D eigenvalue weighted by molar-refractivity contribution is 5.91. The van der Waals surface area contributed by atoms with E-state index in [-0.39, 0.29) is 42.4 Å². The average molecular weight is 549 g/mol. The molecule has 2 fully saturated rings. The number of likely N-dealkylation sites (tertiary alicyclic amines) is 1. The number of ether oxygens (including phenoxy) is 2. The van der Waals surface area contributed by atoms with Gasteiger partial charge in [0.15, 0.2) is 0 Å². The van der Waals surface area contributed by atoms with E-state index in [0.717, 1.165) is 25.0 Å². The summed E-state index contributed by atoms with van der Waals surface area (Å²) in [5, 5.41) is 6.01. The zero-order valence-corrected chi connectivity index (χ0v) is 21.0. The Morgan fingerprint density at radius 2 is 1.92 bits per heavy atom. The highest BCUT2D eigenvalue weighted by atomic mass is 19.4. The second kappa shape index (κ2) is 11.8. The van der Waals surface area contributed by atoms with Crippen LogP contribution >= 0.6 is 0 Å². The molecule has 5 rings (SSSR count). The molecule has 0 spiro atoms. The normalized spacial score (nSPS) is 20.8. The maximum Gasteiger partial charge on any atom is 0.416 e. The van der Waals surface area contributed by atoms with E-state index >= 15 is 0 Å². The van der Waals surface area contributed by atoms with Crippen LogP contribution in [0.3, 0.4) is 0 Å². The molecule has 2 aliphatic heterocycles. The van der Waals surface area contributed by atoms with Crippen molar-refractivity contribution in [3.05, 3.63) is 59.9 Å². The molecule has 39 heavy (non-hydrogen) atoms. The summed E-state index contributed by atoms with van der Waals surface area (Å²) in [6, 6.07) is 6.04. The fourth-order valence-corrected chi connectivity index (χ4v) is 4.95. The molecule has 3 aromatic rings. The summed E-state index contributed by atoms with van der Waals surface area (Å²) in [5.74, 6) is -0.799. The largest absolute Gasteiger partial charge is 0.416 e. The maximum atomic E-state index is 13.2. The number of carbonyl (C=O) groups is 1. The molecule has 4 heterocycles. The number of benzene rings is 1. The molecule has 0 saturated carbocycles. The molecule has 0 radical (unpaired) electrons. The number of hydrogen-bond acceptors (Lipinski definition) is 8. The number of anilines is 1. The third-order valence-electron chi connectivity index (χ3n) is 6.98. The minimum Gasteiger partial charge on any atom is -0.381 e. The van der Waals surface area contributed by atoms with Crippen molar-refractivity contribution in [2.45, 2.75) is 43.8 Å². The maximum absolute atomic E-state index is 13.2. The van der Waals surface area contributed by atoms with Crippen molar-refractivity contribution in [1.29, 1.82) is 0 Å². The van der Waals surface area contributed by atoms with Gasteiger partial charge in [-0.15, -0.1) is 0 Å². The number of hydrogen-bond donors (Lipinski definition) is 2. The van der Waals surface area contributed by atoms with Gasteiger partial charge in [-0.05, 0) is 42.7 Å². The first-order chi connectivity index (χ1) is 18.8. The molecule has 2 aromatic heterocycles. The van der Waals surface area contributed by atoms with Crippen molar-refractivity contribution in [2.24, 2.45) is 0 Å². The van der Waals surface area contributed by atoms with E-state index in [1.807, 2.05) is 0 Å². The molecule has 2 atom stereocenters. The molecule has 0 aliphatic carbocycles. The predicted molar refractivity (Wildman–Crippen MR) is 133 cm³/mol. The van der Waals surface area contributed by atoms with Crippen molar-refractivity contribution in [3.63, 3.8) is 0 Å². The summed E-state index contributed by atoms with van der Waals surface area (Å²) in [4.78, 5) is 26.9. The summed E-state index contributed by atoms with van der Waals surface area (Å²) in [5.41, 5.74) is 0.210. The minimum absolute atomic E-state index is 0.133. The second-order valence-electron chi connectivity index (χ2n) is 9.62. The number of alkyl halides is 3. The van der Waals surface area contributed by atoms with Gasteiger partial charge in [0.25, 0.3) is 0 Å². The van der Waals surface area contributed by atoms with Crippen LogP contribution in [0.25, 0.3) is 10.9 Å². The Morgan fingerprint density at radius 1 is 1.10 bits per heavy atom. The Balaban J connectivity index is 1.24. The van der Waals surface area contributed by atoms with Gasteiger partial charge in [-0.3, -0.25) is 9.69 Å². The lowest BCUT2D eigenvalue weighted by atomic mass is 10.1. The monoisotopic (exact) mass is 548 g/mol. The zero-order chi connectivity index (χ0) is 27.4. The third kappa shape index (κ3) is 6.78. The Kier molecular flexibility index (Phi) is 8.19. The first kappa shape index (κ1) is 27.2. The number of rotatable bonds is 8. The third-order valence-corrected chi connectivity index (χ3v) is 6.98. The lowest BCUT2D eigenvalue weighted by Crippen LogP contribution is -2.46. The summed E-state index contributed by atoms with van der Waals surface area (Å²) in [7, 11) is 0. The van der Waals surface area contributed by atoms with E-state index in [1.165, 1.54) is 24.7 Å². The van der Waals surface area contributed by atoms with E-state index in [0.29, 0.717) is 43.4 Å². The predicted octanol–water partition coefficient (Wildman–Crippen LogP) is 3.16. The Morgan fingerprint density at radius 3 is 2.67 bits per heavy atom. The van der Waals surface area contributed by atoms with Crippen LogP contribution in [0.4, 0.5) is 23.4 Å². The van der Waals surface area contributed by atoms with Gasteiger partial charge in [0.2, 0.25) is 11.9 Å². The second-order valence-corrected chi connectivity index (χ2v) is 9.62. The fourth-order valence-electron chi connectivity index (χ4n) is 4.95. The number of amides is 1. The van der Waals surface area contributed by atoms with Gasteiger partial charge in [0.1, 0.15) is 12.1 Å². The molecular weight excluding hydrogens is 520 g/mol. The van der Waals surface area contributed by atoms with Crippen LogP contribution in [0.5, 0.6) is 0 Å². The Bertz CT molecular complexity index is 1290. The van der Waals surface area contributed by atoms with Crippen LogP contribution < -0.4 is 10.6 Å². The van der Waals surface area contributed by atoms with Crippen LogP contribution in [0.1, 0.15) is 24.0 Å². The average Bonchev–Trinajstić information content (AvgIpc) is 3.33. The van der Waals surface area contributed by atoms with Gasteiger partial charge in [-0.25, -0.2) is 15.0 Å². The number of nitrogens with zero attached hydrogens (tertiary/aromatic N) is 4. The molecule has 1 amide bonds. The molecule has 208 valence electrons. The molecule has 13 heteroatoms. The number of nitrogens with one attached hydrogen (secondary N) is 2. The van der Waals surface area contributed by atoms with Gasteiger partial charge in [0.05, 0.1) is 36.4 Å². The van der Waals surface area contributed by atoms with Gasteiger partial charge in [0, 0.05) is 43.9 Å². The fraction of sp³-hybridized carbons (Fsp3) is 0.462. The van der Waals surface area contributed by atoms with Crippen LogP contribution in [-0.4, -0.2) is 76.8 Å². The topological polar surface area (TPSA) is 102 Å². The van der Waals surface area contributed by atoms with Gasteiger partial charge >= 0.3 is 6.18 Å². The highest BCUT2D eigenvalue weighted by Gasteiger charge is 2.38. The molecule has 9 nitrogen and oxygen atoms in total. The number of pyridine rings is 1. The molecule has 2 N–H and O–H groups in total. The first-order valence-electron chi connectivity index (χ1n) is 12.7. The van der Waals surface area contributed by atoms with Crippen molar-refractivity contribution in [2.75, 3.05) is 38.2 Å². The quantitative estimate of drug-likeness (QED) is 0.327. The number of halogens is 4. The first-order valence-corrected chi connectivity index (χ1v) is 12.7. The van der Waals surface area contributed by atoms with E-state index in [2.05, 4.69) is 30.5 Å². The number of aromatic nitrogens is 3. The van der Waals surface area contributed by atoms with Gasteiger partial charge in [-0.2, -0.15) is 17.6 Å². The number of fused-ring (bicyclic) bond motifs is 1. The minimum atomic E-state index is -4.52. The molecule has 1 aromatic carbocycles. The smallest absolute Gasteiger partial charge is 0.381 e. The van der Waals surface area contributed by atoms with Gasteiger partial charge < -0.3 is 20.1 Å². The molecule has 1 unspecified atom stereocenters. The van der Waals surface area contributed by atoms with Crippen LogP contribution in [0, 0.1) is 5.95 Å². The highest BCUT2D eigenvalue weighted by Crippen LogP contribution is 2.32. The lowest BCUT2D eigenvalue weighted by Gasteiger charge is -2.30. The zero-order valence-electron chi connectivity index (χ0n) is 21.0. The number of carbonyl (C=O) groups excluding carboxylic acids is 1. The molecule has 0 bridgehead atoms. The standard InChI is InChI=1S/C26H28F4N6O3/c27-23-4-1-16(10-31-23)14-39-22-13-36(18-5-7-38-8-6-18)12-21(22)35-24(37)11-32-25-19-9-17(26(28,29)30)2-3-20(19)33-15-34-25/h1-4,9-10,15,18,21-22H,5-8,11-14H2,(H,35,37)(H,32,33,34)/t21?,22-/m0/s1.